The van der Waals surface area contributed by atoms with Crippen molar-refractivity contribution in [3.05, 3.63) is 29.8 Å². The predicted molar refractivity (Wildman–Crippen MR) is 55.0 cm³/mol. The third-order valence-corrected chi connectivity index (χ3v) is 3.90. The largest absolute Gasteiger partial charge is 0.396 e. The number of hydrogen-bond donors (Lipinski definition) is 1. The first kappa shape index (κ1) is 11.2. The predicted octanol–water partition coefficient (Wildman–Crippen LogP) is 1.02. The highest BCUT2D eigenvalue weighted by atomic mass is 32.2. The van der Waals surface area contributed by atoms with E-state index in [1.54, 1.807) is 31.2 Å². The number of benzene rings is 1. The summed E-state index contributed by atoms with van der Waals surface area (Å²) < 4.78 is 23.2. The zero-order valence-electron chi connectivity index (χ0n) is 8.10. The number of sulfone groups is 1. The molecule has 1 aromatic rings. The molecule has 1 N–H and O–H groups in total. The maximum Gasteiger partial charge on any atom is 0.178 e. The highest BCUT2D eigenvalue weighted by Gasteiger charge is 2.14. The van der Waals surface area contributed by atoms with Gasteiger partial charge in [-0.1, -0.05) is 25.1 Å². The van der Waals surface area contributed by atoms with Gasteiger partial charge in [-0.25, -0.2) is 8.42 Å². The molecule has 0 aromatic heterocycles. The summed E-state index contributed by atoms with van der Waals surface area (Å²) in [6.45, 7) is 1.58. The highest BCUT2D eigenvalue weighted by Crippen LogP contribution is 2.17. The zero-order valence-corrected chi connectivity index (χ0v) is 8.92. The lowest BCUT2D eigenvalue weighted by Gasteiger charge is -2.07. The lowest BCUT2D eigenvalue weighted by Crippen LogP contribution is -2.08. The van der Waals surface area contributed by atoms with Gasteiger partial charge >= 0.3 is 0 Å². The first-order valence-corrected chi connectivity index (χ1v) is 6.18. The average molecular weight is 214 g/mol. The van der Waals surface area contributed by atoms with Gasteiger partial charge in [-0.2, -0.15) is 0 Å². The highest BCUT2D eigenvalue weighted by molar-refractivity contribution is 7.91. The Kier molecular flexibility index (Phi) is 3.66. The van der Waals surface area contributed by atoms with Gasteiger partial charge < -0.3 is 5.11 Å². The van der Waals surface area contributed by atoms with Crippen LogP contribution in [0.5, 0.6) is 0 Å². The van der Waals surface area contributed by atoms with E-state index in [1.165, 1.54) is 0 Å². The molecule has 0 aliphatic rings. The zero-order chi connectivity index (χ0) is 10.6. The quantitative estimate of drug-likeness (QED) is 0.814. The standard InChI is InChI=1S/C10H14O3S/c1-2-14(12,13)10-6-4-3-5-9(10)7-8-11/h3-6,11H,2,7-8H2,1H3. The van der Waals surface area contributed by atoms with Crippen LogP contribution >= 0.6 is 0 Å². The molecule has 0 atom stereocenters. The molecule has 0 saturated heterocycles. The van der Waals surface area contributed by atoms with Crippen LogP contribution < -0.4 is 0 Å². The minimum Gasteiger partial charge on any atom is -0.396 e. The molecule has 0 heterocycles. The lowest BCUT2D eigenvalue weighted by atomic mass is 10.2. The van der Waals surface area contributed by atoms with E-state index in [0.29, 0.717) is 16.9 Å². The number of hydrogen-bond acceptors (Lipinski definition) is 3. The summed E-state index contributed by atoms with van der Waals surface area (Å²) in [6, 6.07) is 6.80. The van der Waals surface area contributed by atoms with Crippen LogP contribution in [-0.2, 0) is 16.3 Å². The van der Waals surface area contributed by atoms with E-state index < -0.39 is 9.84 Å². The van der Waals surface area contributed by atoms with Crippen molar-refractivity contribution in [1.29, 1.82) is 0 Å². The molecule has 14 heavy (non-hydrogen) atoms. The molecule has 0 unspecified atom stereocenters. The molecular formula is C10H14O3S. The molecule has 0 spiro atoms. The van der Waals surface area contributed by atoms with Gasteiger partial charge in [0, 0.05) is 6.61 Å². The van der Waals surface area contributed by atoms with Crippen molar-refractivity contribution in [2.75, 3.05) is 12.4 Å². The molecule has 0 saturated carbocycles. The fourth-order valence-electron chi connectivity index (χ4n) is 1.29. The molecule has 0 amide bonds. The Morgan fingerprint density at radius 2 is 1.93 bits per heavy atom. The Hall–Kier alpha value is -0.870. The summed E-state index contributed by atoms with van der Waals surface area (Å²) in [5.41, 5.74) is 0.692. The summed E-state index contributed by atoms with van der Waals surface area (Å²) >= 11 is 0. The summed E-state index contributed by atoms with van der Waals surface area (Å²) in [6.07, 6.45) is 0.384. The van der Waals surface area contributed by atoms with Crippen LogP contribution in [0.1, 0.15) is 12.5 Å². The lowest BCUT2D eigenvalue weighted by molar-refractivity contribution is 0.298. The van der Waals surface area contributed by atoms with Crippen LogP contribution in [0.15, 0.2) is 29.2 Å². The Morgan fingerprint density at radius 1 is 1.29 bits per heavy atom. The van der Waals surface area contributed by atoms with Gasteiger partial charge in [0.05, 0.1) is 10.6 Å². The SMILES string of the molecule is CCS(=O)(=O)c1ccccc1CCO. The van der Waals surface area contributed by atoms with E-state index in [1.807, 2.05) is 0 Å². The smallest absolute Gasteiger partial charge is 0.178 e. The van der Waals surface area contributed by atoms with Gasteiger partial charge in [-0.15, -0.1) is 0 Å². The second kappa shape index (κ2) is 4.57. The van der Waals surface area contributed by atoms with E-state index in [9.17, 15) is 8.42 Å². The third kappa shape index (κ3) is 2.33. The first-order valence-electron chi connectivity index (χ1n) is 4.53. The summed E-state index contributed by atoms with van der Waals surface area (Å²) in [5, 5.41) is 8.79. The Bertz CT molecular complexity index is 396. The van der Waals surface area contributed by atoms with Crippen LogP contribution in [0.4, 0.5) is 0 Å². The van der Waals surface area contributed by atoms with Gasteiger partial charge in [-0.3, -0.25) is 0 Å². The number of aliphatic hydroxyl groups is 1. The average Bonchev–Trinajstić information content (AvgIpc) is 2.19. The van der Waals surface area contributed by atoms with Gasteiger partial charge in [0.2, 0.25) is 0 Å². The molecule has 0 aliphatic heterocycles. The van der Waals surface area contributed by atoms with Gasteiger partial charge in [-0.05, 0) is 18.1 Å². The van der Waals surface area contributed by atoms with Crippen molar-refractivity contribution in [1.82, 2.24) is 0 Å². The van der Waals surface area contributed by atoms with Crippen molar-refractivity contribution < 1.29 is 13.5 Å². The summed E-state index contributed by atoms with van der Waals surface area (Å²) in [4.78, 5) is 0.344. The van der Waals surface area contributed by atoms with Gasteiger partial charge in [0.25, 0.3) is 0 Å². The van der Waals surface area contributed by atoms with Crippen LogP contribution in [-0.4, -0.2) is 25.9 Å². The van der Waals surface area contributed by atoms with Crippen LogP contribution in [0.25, 0.3) is 0 Å². The first-order chi connectivity index (χ1) is 6.61. The molecule has 3 nitrogen and oxygen atoms in total. The van der Waals surface area contributed by atoms with E-state index in [0.717, 1.165) is 0 Å². The molecule has 78 valence electrons. The molecule has 0 bridgehead atoms. The molecule has 1 rings (SSSR count). The fourth-order valence-corrected chi connectivity index (χ4v) is 2.46. The van der Waals surface area contributed by atoms with E-state index in [-0.39, 0.29) is 12.4 Å². The monoisotopic (exact) mass is 214 g/mol. The molecule has 0 fully saturated rings. The van der Waals surface area contributed by atoms with Crippen molar-refractivity contribution >= 4 is 9.84 Å². The topological polar surface area (TPSA) is 54.4 Å². The van der Waals surface area contributed by atoms with Crippen LogP contribution in [0.2, 0.25) is 0 Å². The maximum absolute atomic E-state index is 11.6. The summed E-state index contributed by atoms with van der Waals surface area (Å²) in [5.74, 6) is 0.0927. The molecule has 0 radical (unpaired) electrons. The third-order valence-electron chi connectivity index (χ3n) is 2.07. The molecular weight excluding hydrogens is 200 g/mol. The minimum absolute atomic E-state index is 0.0315. The minimum atomic E-state index is -3.16. The second-order valence-corrected chi connectivity index (χ2v) is 5.23. The van der Waals surface area contributed by atoms with Gasteiger partial charge in [0.1, 0.15) is 0 Å². The van der Waals surface area contributed by atoms with Gasteiger partial charge in [0.15, 0.2) is 9.84 Å². The molecule has 1 aromatic carbocycles. The fraction of sp³-hybridized carbons (Fsp3) is 0.400. The van der Waals surface area contributed by atoms with Crippen LogP contribution in [0.3, 0.4) is 0 Å². The van der Waals surface area contributed by atoms with Crippen LogP contribution in [0, 0.1) is 0 Å². The van der Waals surface area contributed by atoms with Crippen molar-refractivity contribution in [2.45, 2.75) is 18.2 Å². The van der Waals surface area contributed by atoms with E-state index in [4.69, 9.17) is 5.11 Å². The Morgan fingerprint density at radius 3 is 2.50 bits per heavy atom. The Labute approximate surface area is 84.3 Å². The van der Waals surface area contributed by atoms with E-state index >= 15 is 0 Å². The van der Waals surface area contributed by atoms with Crippen molar-refractivity contribution in [3.63, 3.8) is 0 Å². The maximum atomic E-state index is 11.6. The molecule has 0 aliphatic carbocycles. The molecule has 4 heteroatoms. The second-order valence-electron chi connectivity index (χ2n) is 2.98. The van der Waals surface area contributed by atoms with Crippen molar-refractivity contribution in [2.24, 2.45) is 0 Å². The Balaban J connectivity index is 3.20. The number of aliphatic hydroxyl groups excluding tert-OH is 1. The van der Waals surface area contributed by atoms with Crippen molar-refractivity contribution in [3.8, 4) is 0 Å². The summed E-state index contributed by atoms with van der Waals surface area (Å²) in [7, 11) is -3.16. The number of rotatable bonds is 4. The normalized spacial score (nSPS) is 11.6. The van der Waals surface area contributed by atoms with E-state index in [2.05, 4.69) is 0 Å².